The van der Waals surface area contributed by atoms with E-state index < -0.39 is 12.6 Å². The second kappa shape index (κ2) is 3.83. The van der Waals surface area contributed by atoms with Gasteiger partial charge in [0.25, 0.3) is 0 Å². The molecule has 0 atom stereocenters. The minimum Gasteiger partial charge on any atom is -0.477 e. The normalized spacial score (nSPS) is 10.2. The zero-order valence-corrected chi connectivity index (χ0v) is 8.15. The van der Waals surface area contributed by atoms with E-state index in [1.807, 2.05) is 22.6 Å². The van der Waals surface area contributed by atoms with Gasteiger partial charge in [0.15, 0.2) is 0 Å². The van der Waals surface area contributed by atoms with Crippen molar-refractivity contribution in [3.63, 3.8) is 0 Å². The standard InChI is InChI=1S/C6H6FIN2O2/c7-1-2-10-4(6(11)12)3-5(8)9-10/h3H,1-2H2,(H,11,12). The van der Waals surface area contributed by atoms with Gasteiger partial charge in [-0.25, -0.2) is 9.18 Å². The third kappa shape index (κ3) is 1.93. The van der Waals surface area contributed by atoms with E-state index in [9.17, 15) is 9.18 Å². The Morgan fingerprint density at radius 3 is 3.00 bits per heavy atom. The van der Waals surface area contributed by atoms with Crippen LogP contribution in [0, 0.1) is 3.70 Å². The fourth-order valence-electron chi connectivity index (χ4n) is 0.808. The van der Waals surface area contributed by atoms with Crippen molar-refractivity contribution in [2.24, 2.45) is 0 Å². The summed E-state index contributed by atoms with van der Waals surface area (Å²) in [6.45, 7) is -0.622. The van der Waals surface area contributed by atoms with Crippen LogP contribution in [-0.4, -0.2) is 27.5 Å². The molecule has 0 aliphatic heterocycles. The molecule has 66 valence electrons. The summed E-state index contributed by atoms with van der Waals surface area (Å²) in [4.78, 5) is 10.5. The van der Waals surface area contributed by atoms with Gasteiger partial charge in [-0.3, -0.25) is 4.68 Å². The molecule has 0 aliphatic rings. The van der Waals surface area contributed by atoms with E-state index in [1.165, 1.54) is 6.07 Å². The number of hydrogen-bond acceptors (Lipinski definition) is 2. The molecule has 1 rings (SSSR count). The number of aromatic carboxylic acids is 1. The molecular weight excluding hydrogens is 278 g/mol. The van der Waals surface area contributed by atoms with Crippen molar-refractivity contribution < 1.29 is 14.3 Å². The Balaban J connectivity index is 2.99. The number of carbonyl (C=O) groups is 1. The molecule has 12 heavy (non-hydrogen) atoms. The van der Waals surface area contributed by atoms with Crippen LogP contribution in [0.25, 0.3) is 0 Å². The molecule has 1 aromatic heterocycles. The van der Waals surface area contributed by atoms with Crippen LogP contribution in [0.5, 0.6) is 0 Å². The van der Waals surface area contributed by atoms with Gasteiger partial charge in [-0.2, -0.15) is 5.10 Å². The summed E-state index contributed by atoms with van der Waals surface area (Å²) in [5.41, 5.74) is 0.0250. The lowest BCUT2D eigenvalue weighted by atomic mass is 10.4. The molecule has 0 bridgehead atoms. The van der Waals surface area contributed by atoms with E-state index in [-0.39, 0.29) is 12.2 Å². The second-order valence-corrected chi connectivity index (χ2v) is 3.17. The third-order valence-electron chi connectivity index (χ3n) is 1.27. The number of halogens is 2. The Hall–Kier alpha value is -0.660. The molecule has 0 saturated heterocycles. The molecule has 0 aromatic carbocycles. The van der Waals surface area contributed by atoms with Crippen molar-refractivity contribution in [2.45, 2.75) is 6.54 Å². The number of alkyl halides is 1. The Morgan fingerprint density at radius 2 is 2.50 bits per heavy atom. The molecule has 6 heteroatoms. The van der Waals surface area contributed by atoms with Crippen molar-refractivity contribution >= 4 is 28.6 Å². The third-order valence-corrected chi connectivity index (χ3v) is 1.79. The van der Waals surface area contributed by atoms with Crippen molar-refractivity contribution in [3.05, 3.63) is 15.5 Å². The molecule has 0 amide bonds. The van der Waals surface area contributed by atoms with Crippen LogP contribution in [0.2, 0.25) is 0 Å². The molecular formula is C6H6FIN2O2. The lowest BCUT2D eigenvalue weighted by Crippen LogP contribution is -2.10. The van der Waals surface area contributed by atoms with Crippen molar-refractivity contribution in [3.8, 4) is 0 Å². The summed E-state index contributed by atoms with van der Waals surface area (Å²) in [5, 5.41) is 12.4. The van der Waals surface area contributed by atoms with Crippen LogP contribution < -0.4 is 0 Å². The maximum Gasteiger partial charge on any atom is 0.354 e. The van der Waals surface area contributed by atoms with Crippen molar-refractivity contribution in [2.75, 3.05) is 6.67 Å². The maximum atomic E-state index is 11.9. The fourth-order valence-corrected chi connectivity index (χ4v) is 1.36. The molecule has 1 N–H and O–H groups in total. The van der Waals surface area contributed by atoms with Gasteiger partial charge in [0, 0.05) is 6.07 Å². The van der Waals surface area contributed by atoms with Crippen LogP contribution in [0.3, 0.4) is 0 Å². The lowest BCUT2D eigenvalue weighted by molar-refractivity contribution is 0.0682. The lowest BCUT2D eigenvalue weighted by Gasteiger charge is -1.98. The number of aryl methyl sites for hydroxylation is 1. The first-order valence-corrected chi connectivity index (χ1v) is 4.25. The number of rotatable bonds is 3. The minimum atomic E-state index is -1.08. The number of aromatic nitrogens is 2. The highest BCUT2D eigenvalue weighted by atomic mass is 127. The average Bonchev–Trinajstić information content (AvgIpc) is 2.32. The molecule has 0 fully saturated rings. The van der Waals surface area contributed by atoms with Gasteiger partial charge >= 0.3 is 5.97 Å². The topological polar surface area (TPSA) is 55.1 Å². The van der Waals surface area contributed by atoms with Gasteiger partial charge in [-0.05, 0) is 22.6 Å². The predicted molar refractivity (Wildman–Crippen MR) is 47.9 cm³/mol. The summed E-state index contributed by atoms with van der Waals surface area (Å²) in [5.74, 6) is -1.08. The molecule has 1 heterocycles. The first-order valence-electron chi connectivity index (χ1n) is 3.17. The Morgan fingerprint density at radius 1 is 1.83 bits per heavy atom. The summed E-state index contributed by atoms with van der Waals surface area (Å²) in [6.07, 6.45) is 0. The largest absolute Gasteiger partial charge is 0.477 e. The summed E-state index contributed by atoms with van der Waals surface area (Å²) >= 11 is 1.88. The van der Waals surface area contributed by atoms with Crippen LogP contribution in [0.1, 0.15) is 10.5 Å². The van der Waals surface area contributed by atoms with Gasteiger partial charge in [0.1, 0.15) is 16.1 Å². The summed E-state index contributed by atoms with van der Waals surface area (Å²) in [6, 6.07) is 1.40. The highest BCUT2D eigenvalue weighted by Crippen LogP contribution is 2.06. The Labute approximate surface area is 81.5 Å². The van der Waals surface area contributed by atoms with Crippen LogP contribution in [0.4, 0.5) is 4.39 Å². The number of nitrogens with zero attached hydrogens (tertiary/aromatic N) is 2. The zero-order valence-electron chi connectivity index (χ0n) is 6.00. The van der Waals surface area contributed by atoms with Gasteiger partial charge in [-0.1, -0.05) is 0 Å². The monoisotopic (exact) mass is 284 g/mol. The SMILES string of the molecule is O=C(O)c1cc(I)nn1CCF. The number of carboxylic acid groups (broad SMARTS) is 1. The predicted octanol–water partition coefficient (Wildman–Crippen LogP) is 1.16. The van der Waals surface area contributed by atoms with E-state index in [0.29, 0.717) is 3.70 Å². The highest BCUT2D eigenvalue weighted by Gasteiger charge is 2.12. The van der Waals surface area contributed by atoms with E-state index in [2.05, 4.69) is 5.10 Å². The molecule has 0 unspecified atom stereocenters. The van der Waals surface area contributed by atoms with E-state index >= 15 is 0 Å². The second-order valence-electron chi connectivity index (χ2n) is 2.07. The highest BCUT2D eigenvalue weighted by molar-refractivity contribution is 14.1. The smallest absolute Gasteiger partial charge is 0.354 e. The molecule has 1 aromatic rings. The number of hydrogen-bond donors (Lipinski definition) is 1. The van der Waals surface area contributed by atoms with Gasteiger partial charge in [-0.15, -0.1) is 0 Å². The number of carboxylic acids is 1. The van der Waals surface area contributed by atoms with Crippen LogP contribution in [-0.2, 0) is 6.54 Å². The molecule has 0 aliphatic carbocycles. The average molecular weight is 284 g/mol. The summed E-state index contributed by atoms with van der Waals surface area (Å²) < 4.78 is 13.6. The molecule has 0 spiro atoms. The summed E-state index contributed by atoms with van der Waals surface area (Å²) in [7, 11) is 0. The molecule has 0 saturated carbocycles. The first-order chi connectivity index (χ1) is 5.65. The quantitative estimate of drug-likeness (QED) is 0.847. The van der Waals surface area contributed by atoms with E-state index in [0.717, 1.165) is 4.68 Å². The van der Waals surface area contributed by atoms with Crippen molar-refractivity contribution in [1.82, 2.24) is 9.78 Å². The van der Waals surface area contributed by atoms with E-state index in [4.69, 9.17) is 5.11 Å². The van der Waals surface area contributed by atoms with E-state index in [1.54, 1.807) is 0 Å². The minimum absolute atomic E-state index is 0.00929. The van der Waals surface area contributed by atoms with Gasteiger partial charge in [0.05, 0.1) is 6.54 Å². The van der Waals surface area contributed by atoms with Crippen LogP contribution >= 0.6 is 22.6 Å². The van der Waals surface area contributed by atoms with Gasteiger partial charge in [0.2, 0.25) is 0 Å². The molecule has 0 radical (unpaired) electrons. The molecule has 4 nitrogen and oxygen atoms in total. The van der Waals surface area contributed by atoms with Crippen LogP contribution in [0.15, 0.2) is 6.07 Å². The zero-order chi connectivity index (χ0) is 9.14. The maximum absolute atomic E-state index is 11.9. The van der Waals surface area contributed by atoms with Crippen molar-refractivity contribution in [1.29, 1.82) is 0 Å². The Kier molecular flexibility index (Phi) is 3.01. The van der Waals surface area contributed by atoms with Gasteiger partial charge < -0.3 is 5.11 Å². The fraction of sp³-hybridized carbons (Fsp3) is 0.333. The Bertz CT molecular complexity index is 300. The first kappa shape index (κ1) is 9.43.